The maximum Gasteiger partial charge on any atom is 0.144 e. The maximum absolute atomic E-state index is 5.36. The number of thiol groups is 1. The highest BCUT2D eigenvalue weighted by Crippen LogP contribution is 2.24. The van der Waals surface area contributed by atoms with E-state index in [0.717, 1.165) is 21.7 Å². The molecule has 2 rings (SSSR count). The van der Waals surface area contributed by atoms with Crippen molar-refractivity contribution in [2.75, 3.05) is 5.43 Å². The molecule has 88 valence electrons. The van der Waals surface area contributed by atoms with Gasteiger partial charge in [0, 0.05) is 16.5 Å². The topological polar surface area (TPSA) is 63.8 Å². The standard InChI is InChI=1S/C12H14N4S/c1-7-3-4-9(5-11(7)17)10-6-12(16-13)15-8(2)14-10/h3-6,17H,13H2,1-2H3,(H,14,15,16). The van der Waals surface area contributed by atoms with Crippen LogP contribution in [0.25, 0.3) is 11.3 Å². The summed E-state index contributed by atoms with van der Waals surface area (Å²) >= 11 is 4.41. The Kier molecular flexibility index (Phi) is 3.31. The number of aromatic nitrogens is 2. The third-order valence-electron chi connectivity index (χ3n) is 2.49. The van der Waals surface area contributed by atoms with Gasteiger partial charge in [-0.25, -0.2) is 15.8 Å². The Morgan fingerprint density at radius 1 is 1.18 bits per heavy atom. The fourth-order valence-corrected chi connectivity index (χ4v) is 1.77. The second kappa shape index (κ2) is 4.73. The molecular formula is C12H14N4S. The molecule has 0 aliphatic carbocycles. The maximum atomic E-state index is 5.36. The highest BCUT2D eigenvalue weighted by Gasteiger charge is 2.05. The van der Waals surface area contributed by atoms with E-state index in [1.807, 2.05) is 38.1 Å². The molecule has 0 aliphatic heterocycles. The van der Waals surface area contributed by atoms with Crippen molar-refractivity contribution in [3.63, 3.8) is 0 Å². The predicted octanol–water partition coefficient (Wildman–Crippen LogP) is 2.33. The first-order valence-corrected chi connectivity index (χ1v) is 5.67. The number of anilines is 1. The number of nitrogen functional groups attached to an aromatic ring is 1. The van der Waals surface area contributed by atoms with Crippen LogP contribution in [0.3, 0.4) is 0 Å². The van der Waals surface area contributed by atoms with E-state index in [9.17, 15) is 0 Å². The van der Waals surface area contributed by atoms with Gasteiger partial charge in [-0.3, -0.25) is 0 Å². The van der Waals surface area contributed by atoms with Crippen LogP contribution in [-0.2, 0) is 0 Å². The highest BCUT2D eigenvalue weighted by atomic mass is 32.1. The first-order chi connectivity index (χ1) is 8.10. The largest absolute Gasteiger partial charge is 0.308 e. The third kappa shape index (κ3) is 2.57. The summed E-state index contributed by atoms with van der Waals surface area (Å²) in [6.07, 6.45) is 0. The molecule has 4 nitrogen and oxygen atoms in total. The Hall–Kier alpha value is -1.59. The minimum atomic E-state index is 0.605. The highest BCUT2D eigenvalue weighted by molar-refractivity contribution is 7.80. The van der Waals surface area contributed by atoms with Gasteiger partial charge >= 0.3 is 0 Å². The van der Waals surface area contributed by atoms with Gasteiger partial charge in [0.05, 0.1) is 5.69 Å². The molecule has 0 unspecified atom stereocenters. The van der Waals surface area contributed by atoms with E-state index in [0.29, 0.717) is 11.6 Å². The molecule has 0 bridgehead atoms. The van der Waals surface area contributed by atoms with Crippen molar-refractivity contribution in [3.8, 4) is 11.3 Å². The van der Waals surface area contributed by atoms with Crippen molar-refractivity contribution in [2.24, 2.45) is 5.84 Å². The molecule has 1 aromatic carbocycles. The number of nitrogens with two attached hydrogens (primary N) is 1. The summed E-state index contributed by atoms with van der Waals surface area (Å²) < 4.78 is 0. The van der Waals surface area contributed by atoms with Crippen molar-refractivity contribution in [1.29, 1.82) is 0 Å². The van der Waals surface area contributed by atoms with Gasteiger partial charge in [0.15, 0.2) is 0 Å². The minimum Gasteiger partial charge on any atom is -0.308 e. The molecule has 0 radical (unpaired) electrons. The lowest BCUT2D eigenvalue weighted by Crippen LogP contribution is -2.09. The SMILES string of the molecule is Cc1nc(NN)cc(-c2ccc(C)c(S)c2)n1. The Morgan fingerprint density at radius 2 is 1.94 bits per heavy atom. The van der Waals surface area contributed by atoms with E-state index < -0.39 is 0 Å². The lowest BCUT2D eigenvalue weighted by molar-refractivity contribution is 1.05. The van der Waals surface area contributed by atoms with Crippen molar-refractivity contribution >= 4 is 18.4 Å². The zero-order chi connectivity index (χ0) is 12.4. The second-order valence-electron chi connectivity index (χ2n) is 3.83. The Balaban J connectivity index is 2.52. The van der Waals surface area contributed by atoms with E-state index in [1.165, 1.54) is 0 Å². The quantitative estimate of drug-likeness (QED) is 0.432. The fourth-order valence-electron chi connectivity index (χ4n) is 1.56. The molecule has 0 spiro atoms. The van der Waals surface area contributed by atoms with Crippen LogP contribution in [0.4, 0.5) is 5.82 Å². The van der Waals surface area contributed by atoms with Gasteiger partial charge in [-0.1, -0.05) is 12.1 Å². The van der Waals surface area contributed by atoms with Gasteiger partial charge < -0.3 is 5.43 Å². The monoisotopic (exact) mass is 246 g/mol. The summed E-state index contributed by atoms with van der Waals surface area (Å²) in [6.45, 7) is 3.85. The van der Waals surface area contributed by atoms with E-state index in [2.05, 4.69) is 28.0 Å². The molecule has 1 aromatic heterocycles. The van der Waals surface area contributed by atoms with Crippen molar-refractivity contribution in [2.45, 2.75) is 18.7 Å². The lowest BCUT2D eigenvalue weighted by atomic mass is 10.1. The molecular weight excluding hydrogens is 232 g/mol. The Morgan fingerprint density at radius 3 is 2.59 bits per heavy atom. The summed E-state index contributed by atoms with van der Waals surface area (Å²) in [4.78, 5) is 9.48. The molecule has 1 heterocycles. The number of hydrogen-bond donors (Lipinski definition) is 3. The van der Waals surface area contributed by atoms with Crippen LogP contribution >= 0.6 is 12.6 Å². The Bertz CT molecular complexity index is 554. The zero-order valence-corrected chi connectivity index (χ0v) is 10.6. The summed E-state index contributed by atoms with van der Waals surface area (Å²) in [5.41, 5.74) is 5.51. The zero-order valence-electron chi connectivity index (χ0n) is 9.73. The number of nitrogens with zero attached hydrogens (tertiary/aromatic N) is 2. The van der Waals surface area contributed by atoms with Crippen LogP contribution in [0.1, 0.15) is 11.4 Å². The van der Waals surface area contributed by atoms with Crippen LogP contribution in [-0.4, -0.2) is 9.97 Å². The second-order valence-corrected chi connectivity index (χ2v) is 4.31. The molecule has 2 aromatic rings. The van der Waals surface area contributed by atoms with E-state index >= 15 is 0 Å². The van der Waals surface area contributed by atoms with Crippen LogP contribution in [0.15, 0.2) is 29.2 Å². The number of hydrogen-bond acceptors (Lipinski definition) is 5. The fraction of sp³-hybridized carbons (Fsp3) is 0.167. The number of nitrogens with one attached hydrogen (secondary N) is 1. The van der Waals surface area contributed by atoms with Gasteiger partial charge in [-0.2, -0.15) is 0 Å². The molecule has 0 fully saturated rings. The molecule has 17 heavy (non-hydrogen) atoms. The van der Waals surface area contributed by atoms with E-state index in [4.69, 9.17) is 5.84 Å². The molecule has 0 saturated heterocycles. The van der Waals surface area contributed by atoms with Crippen molar-refractivity contribution < 1.29 is 0 Å². The summed E-state index contributed by atoms with van der Waals surface area (Å²) in [6, 6.07) is 7.83. The van der Waals surface area contributed by atoms with Crippen molar-refractivity contribution in [1.82, 2.24) is 9.97 Å². The molecule has 5 heteroatoms. The molecule has 0 amide bonds. The smallest absolute Gasteiger partial charge is 0.144 e. The molecule has 0 saturated carbocycles. The van der Waals surface area contributed by atoms with Crippen molar-refractivity contribution in [3.05, 3.63) is 35.7 Å². The van der Waals surface area contributed by atoms with Gasteiger partial charge in [-0.05, 0) is 25.5 Å². The third-order valence-corrected chi connectivity index (χ3v) is 2.97. The number of rotatable bonds is 2. The minimum absolute atomic E-state index is 0.605. The van der Waals surface area contributed by atoms with Gasteiger partial charge in [0.2, 0.25) is 0 Å². The lowest BCUT2D eigenvalue weighted by Gasteiger charge is -2.07. The van der Waals surface area contributed by atoms with Gasteiger partial charge in [0.25, 0.3) is 0 Å². The average Bonchev–Trinajstić information content (AvgIpc) is 2.32. The first-order valence-electron chi connectivity index (χ1n) is 5.22. The van der Waals surface area contributed by atoms with Gasteiger partial charge in [0.1, 0.15) is 11.6 Å². The van der Waals surface area contributed by atoms with Gasteiger partial charge in [-0.15, -0.1) is 12.6 Å². The summed E-state index contributed by atoms with van der Waals surface area (Å²) in [7, 11) is 0. The average molecular weight is 246 g/mol. The van der Waals surface area contributed by atoms with E-state index in [1.54, 1.807) is 0 Å². The number of benzene rings is 1. The number of aryl methyl sites for hydroxylation is 2. The Labute approximate surface area is 106 Å². The van der Waals surface area contributed by atoms with E-state index in [-0.39, 0.29) is 0 Å². The first kappa shape index (κ1) is 11.9. The van der Waals surface area contributed by atoms with Crippen LogP contribution < -0.4 is 11.3 Å². The normalized spacial score (nSPS) is 10.4. The van der Waals surface area contributed by atoms with Crippen LogP contribution in [0.5, 0.6) is 0 Å². The number of hydrazine groups is 1. The molecule has 0 aliphatic rings. The summed E-state index contributed by atoms with van der Waals surface area (Å²) in [5, 5.41) is 0. The molecule has 3 N–H and O–H groups in total. The van der Waals surface area contributed by atoms with Crippen LogP contribution in [0, 0.1) is 13.8 Å². The molecule has 0 atom stereocenters. The van der Waals surface area contributed by atoms with Crippen LogP contribution in [0.2, 0.25) is 0 Å². The summed E-state index contributed by atoms with van der Waals surface area (Å²) in [5.74, 6) is 6.65. The predicted molar refractivity (Wildman–Crippen MR) is 72.0 cm³/mol.